The first-order valence-electron chi connectivity index (χ1n) is 11.1. The second-order valence-corrected chi connectivity index (χ2v) is 8.99. The van der Waals surface area contributed by atoms with E-state index >= 15 is 0 Å². The summed E-state index contributed by atoms with van der Waals surface area (Å²) in [6.07, 6.45) is 0. The summed E-state index contributed by atoms with van der Waals surface area (Å²) >= 11 is 1.39. The molecule has 1 N–H and O–H groups in total. The SMILES string of the molecule is COc1ccccc1N1CCN(CCn2c(=O)[nH]c3c(-c4ccccc4)csc3c2=O)CC1. The second-order valence-electron chi connectivity index (χ2n) is 8.11. The highest BCUT2D eigenvalue weighted by molar-refractivity contribution is 7.17. The largest absolute Gasteiger partial charge is 0.495 e. The molecule has 1 saturated heterocycles. The maximum Gasteiger partial charge on any atom is 0.328 e. The lowest BCUT2D eigenvalue weighted by molar-refractivity contribution is 0.245. The number of para-hydroxylation sites is 2. The van der Waals surface area contributed by atoms with Gasteiger partial charge in [0.05, 0.1) is 18.3 Å². The lowest BCUT2D eigenvalue weighted by atomic mass is 10.1. The van der Waals surface area contributed by atoms with Gasteiger partial charge in [-0.15, -0.1) is 11.3 Å². The standard InChI is InChI=1S/C25H26N4O3S/c1-32-21-10-6-5-9-20(21)28-14-11-27(12-15-28)13-16-29-24(30)23-22(26-25(29)31)19(17-33-23)18-7-3-2-4-8-18/h2-10,17H,11-16H2,1H3,(H,26,31). The summed E-state index contributed by atoms with van der Waals surface area (Å²) in [5, 5.41) is 1.94. The van der Waals surface area contributed by atoms with Crippen molar-refractivity contribution in [3.05, 3.63) is 80.8 Å². The highest BCUT2D eigenvalue weighted by Gasteiger charge is 2.20. The van der Waals surface area contributed by atoms with Crippen molar-refractivity contribution < 1.29 is 4.74 Å². The number of H-pyrrole nitrogens is 1. The van der Waals surface area contributed by atoms with Crippen molar-refractivity contribution in [3.8, 4) is 16.9 Å². The van der Waals surface area contributed by atoms with E-state index in [2.05, 4.69) is 20.9 Å². The Kier molecular flexibility index (Phi) is 6.02. The Labute approximate surface area is 195 Å². The zero-order chi connectivity index (χ0) is 22.8. The minimum atomic E-state index is -0.351. The molecule has 1 fully saturated rings. The first-order valence-corrected chi connectivity index (χ1v) is 11.9. The second kappa shape index (κ2) is 9.25. The number of hydrogen-bond donors (Lipinski definition) is 1. The normalized spacial score (nSPS) is 14.6. The van der Waals surface area contributed by atoms with Gasteiger partial charge in [-0.1, -0.05) is 42.5 Å². The number of thiophene rings is 1. The quantitative estimate of drug-likeness (QED) is 0.476. The first kappa shape index (κ1) is 21.5. The summed E-state index contributed by atoms with van der Waals surface area (Å²) < 4.78 is 7.42. The van der Waals surface area contributed by atoms with E-state index in [9.17, 15) is 9.59 Å². The van der Waals surface area contributed by atoms with Crippen molar-refractivity contribution in [2.24, 2.45) is 0 Å². The molecular formula is C25H26N4O3S. The molecule has 5 rings (SSSR count). The molecule has 0 radical (unpaired) electrons. The lowest BCUT2D eigenvalue weighted by Gasteiger charge is -2.36. The maximum absolute atomic E-state index is 13.1. The molecule has 0 atom stereocenters. The minimum absolute atomic E-state index is 0.214. The van der Waals surface area contributed by atoms with Crippen LogP contribution in [0.3, 0.4) is 0 Å². The van der Waals surface area contributed by atoms with E-state index in [4.69, 9.17) is 4.74 Å². The van der Waals surface area contributed by atoms with Crippen LogP contribution in [0.25, 0.3) is 21.3 Å². The monoisotopic (exact) mass is 462 g/mol. The zero-order valence-electron chi connectivity index (χ0n) is 18.5. The topological polar surface area (TPSA) is 70.6 Å². The smallest absolute Gasteiger partial charge is 0.328 e. The van der Waals surface area contributed by atoms with Crippen molar-refractivity contribution in [3.63, 3.8) is 0 Å². The van der Waals surface area contributed by atoms with Gasteiger partial charge in [0.15, 0.2) is 0 Å². The molecule has 0 amide bonds. The molecule has 7 nitrogen and oxygen atoms in total. The summed E-state index contributed by atoms with van der Waals surface area (Å²) in [4.78, 5) is 33.4. The Hall–Kier alpha value is -3.36. The van der Waals surface area contributed by atoms with E-state index in [0.717, 1.165) is 48.7 Å². The molecule has 2 aromatic heterocycles. The number of piperazine rings is 1. The van der Waals surface area contributed by atoms with Crippen LogP contribution in [-0.4, -0.2) is 54.3 Å². The molecule has 8 heteroatoms. The average molecular weight is 463 g/mol. The van der Waals surface area contributed by atoms with Gasteiger partial charge in [0, 0.05) is 50.2 Å². The molecule has 4 aromatic rings. The fraction of sp³-hybridized carbons (Fsp3) is 0.280. The minimum Gasteiger partial charge on any atom is -0.495 e. The third-order valence-corrected chi connectivity index (χ3v) is 7.20. The Morgan fingerprint density at radius 3 is 2.42 bits per heavy atom. The van der Waals surface area contributed by atoms with Crippen LogP contribution in [0, 0.1) is 0 Å². The third-order valence-electron chi connectivity index (χ3n) is 6.23. The Bertz CT molecular complexity index is 1370. The van der Waals surface area contributed by atoms with Gasteiger partial charge in [0.2, 0.25) is 0 Å². The fourth-order valence-corrected chi connectivity index (χ4v) is 5.39. The first-order chi connectivity index (χ1) is 16.2. The van der Waals surface area contributed by atoms with E-state index in [1.807, 2.05) is 53.9 Å². The van der Waals surface area contributed by atoms with Gasteiger partial charge in [-0.3, -0.25) is 14.3 Å². The van der Waals surface area contributed by atoms with Crippen molar-refractivity contribution in [1.82, 2.24) is 14.5 Å². The van der Waals surface area contributed by atoms with Crippen molar-refractivity contribution >= 4 is 27.2 Å². The van der Waals surface area contributed by atoms with Crippen molar-refractivity contribution in [2.45, 2.75) is 6.54 Å². The molecule has 0 unspecified atom stereocenters. The van der Waals surface area contributed by atoms with Gasteiger partial charge in [-0.2, -0.15) is 0 Å². The van der Waals surface area contributed by atoms with E-state index < -0.39 is 0 Å². The van der Waals surface area contributed by atoms with Gasteiger partial charge in [-0.05, 0) is 17.7 Å². The van der Waals surface area contributed by atoms with Crippen LogP contribution >= 0.6 is 11.3 Å². The summed E-state index contributed by atoms with van der Waals surface area (Å²) in [7, 11) is 1.69. The van der Waals surface area contributed by atoms with E-state index in [1.165, 1.54) is 15.9 Å². The number of aromatic amines is 1. The molecular weight excluding hydrogens is 436 g/mol. The highest BCUT2D eigenvalue weighted by Crippen LogP contribution is 2.30. The number of anilines is 1. The van der Waals surface area contributed by atoms with E-state index in [0.29, 0.717) is 23.3 Å². The van der Waals surface area contributed by atoms with Gasteiger partial charge in [0.25, 0.3) is 5.56 Å². The molecule has 0 saturated carbocycles. The van der Waals surface area contributed by atoms with Gasteiger partial charge >= 0.3 is 5.69 Å². The van der Waals surface area contributed by atoms with Crippen LogP contribution in [0.2, 0.25) is 0 Å². The van der Waals surface area contributed by atoms with Crippen LogP contribution in [0.5, 0.6) is 5.75 Å². The summed E-state index contributed by atoms with van der Waals surface area (Å²) in [5.41, 5.74) is 3.05. The van der Waals surface area contributed by atoms with Gasteiger partial charge < -0.3 is 14.6 Å². The molecule has 33 heavy (non-hydrogen) atoms. The number of benzene rings is 2. The summed E-state index contributed by atoms with van der Waals surface area (Å²) in [5.74, 6) is 0.878. The predicted octanol–water partition coefficient (Wildman–Crippen LogP) is 3.25. The number of nitrogens with zero attached hydrogens (tertiary/aromatic N) is 3. The number of hydrogen-bond acceptors (Lipinski definition) is 6. The van der Waals surface area contributed by atoms with Crippen LogP contribution < -0.4 is 20.9 Å². The van der Waals surface area contributed by atoms with Crippen LogP contribution in [0.1, 0.15) is 0 Å². The van der Waals surface area contributed by atoms with E-state index in [1.54, 1.807) is 7.11 Å². The number of fused-ring (bicyclic) bond motifs is 1. The summed E-state index contributed by atoms with van der Waals surface area (Å²) in [6, 6.07) is 17.9. The molecule has 170 valence electrons. The summed E-state index contributed by atoms with van der Waals surface area (Å²) in [6.45, 7) is 4.50. The highest BCUT2D eigenvalue weighted by atomic mass is 32.1. The molecule has 2 aromatic carbocycles. The van der Waals surface area contributed by atoms with E-state index in [-0.39, 0.29) is 11.2 Å². The number of rotatable bonds is 6. The number of methoxy groups -OCH3 is 1. The van der Waals surface area contributed by atoms with Gasteiger partial charge in [0.1, 0.15) is 10.4 Å². The zero-order valence-corrected chi connectivity index (χ0v) is 19.3. The molecule has 0 spiro atoms. The van der Waals surface area contributed by atoms with Crippen molar-refractivity contribution in [2.75, 3.05) is 44.7 Å². The molecule has 0 aliphatic carbocycles. The Morgan fingerprint density at radius 1 is 0.939 bits per heavy atom. The van der Waals surface area contributed by atoms with Crippen LogP contribution in [0.4, 0.5) is 5.69 Å². The predicted molar refractivity (Wildman–Crippen MR) is 134 cm³/mol. The lowest BCUT2D eigenvalue weighted by Crippen LogP contribution is -2.48. The number of ether oxygens (including phenoxy) is 1. The third kappa shape index (κ3) is 4.19. The van der Waals surface area contributed by atoms with Crippen LogP contribution in [-0.2, 0) is 6.54 Å². The Morgan fingerprint density at radius 2 is 1.67 bits per heavy atom. The maximum atomic E-state index is 13.1. The van der Waals surface area contributed by atoms with Gasteiger partial charge in [-0.25, -0.2) is 4.79 Å². The molecule has 3 heterocycles. The van der Waals surface area contributed by atoms with Crippen molar-refractivity contribution in [1.29, 1.82) is 0 Å². The molecule has 0 bridgehead atoms. The fourth-order valence-electron chi connectivity index (χ4n) is 4.41. The Balaban J connectivity index is 1.29. The molecule has 1 aliphatic heterocycles. The number of aromatic nitrogens is 2. The number of nitrogens with one attached hydrogen (secondary N) is 1. The van der Waals surface area contributed by atoms with Crippen LogP contribution in [0.15, 0.2) is 69.6 Å². The molecule has 1 aliphatic rings. The average Bonchev–Trinajstić information content (AvgIpc) is 3.28.